The van der Waals surface area contributed by atoms with Crippen LogP contribution in [0.15, 0.2) is 182 Å². The molecule has 0 radical (unpaired) electrons. The maximum atomic E-state index is 2.52. The van der Waals surface area contributed by atoms with Crippen LogP contribution in [-0.4, -0.2) is 0 Å². The average Bonchev–Trinajstić information content (AvgIpc) is 3.42. The van der Waals surface area contributed by atoms with E-state index in [9.17, 15) is 0 Å². The smallest absolute Gasteiger partial charge is 0.000139 e. The zero-order valence-corrected chi connectivity index (χ0v) is 46.6. The standard InChI is InChI=1S/C74H76/c1-45(2)49-15-23-57(24-16-49)69-65-43-59(47(5)6)35-41-63(65)68(56-29-21-52(22-30-56)54-33-39-62(40-34-54)74(12,13)14)72-70(58-25-17-50(18-26-58)46(3)4)66-44-60(48(7)8)36-42-64(66)67(71(69)72)55-27-19-51(20-28-55)53-31-37-61(38-32-53)73(9,10)11/h15-48H,1-14H3. The quantitative estimate of drug-likeness (QED) is 0.120. The normalized spacial score (nSPS) is 12.4. The van der Waals surface area contributed by atoms with Crippen molar-refractivity contribution in [1.29, 1.82) is 0 Å². The zero-order valence-electron chi connectivity index (χ0n) is 46.6. The molecule has 10 aromatic rings. The van der Waals surface area contributed by atoms with Crippen LogP contribution >= 0.6 is 0 Å². The van der Waals surface area contributed by atoms with Gasteiger partial charge in [-0.1, -0.05) is 279 Å². The third-order valence-electron chi connectivity index (χ3n) is 16.0. The van der Waals surface area contributed by atoms with E-state index in [2.05, 4.69) is 279 Å². The van der Waals surface area contributed by atoms with Crippen LogP contribution in [0.4, 0.5) is 0 Å². The van der Waals surface area contributed by atoms with Gasteiger partial charge in [0.1, 0.15) is 0 Å². The molecule has 74 heavy (non-hydrogen) atoms. The minimum absolute atomic E-state index is 0.0920. The first-order valence-corrected chi connectivity index (χ1v) is 27.4. The molecule has 0 fully saturated rings. The van der Waals surface area contributed by atoms with E-state index in [-0.39, 0.29) is 10.8 Å². The third kappa shape index (κ3) is 9.54. The Bertz CT molecular complexity index is 3390. The summed E-state index contributed by atoms with van der Waals surface area (Å²) in [7, 11) is 0. The molecule has 10 rings (SSSR count). The third-order valence-corrected chi connectivity index (χ3v) is 16.0. The average molecular weight is 965 g/mol. The van der Waals surface area contributed by atoms with Gasteiger partial charge in [-0.3, -0.25) is 0 Å². The topological polar surface area (TPSA) is 0 Å². The summed E-state index contributed by atoms with van der Waals surface area (Å²) in [5.41, 5.74) is 23.2. The van der Waals surface area contributed by atoms with E-state index >= 15 is 0 Å². The molecule has 10 aromatic carbocycles. The summed E-state index contributed by atoms with van der Waals surface area (Å²) in [6, 6.07) is 71.2. The van der Waals surface area contributed by atoms with Crippen molar-refractivity contribution < 1.29 is 0 Å². The van der Waals surface area contributed by atoms with Gasteiger partial charge >= 0.3 is 0 Å². The fourth-order valence-electron chi connectivity index (χ4n) is 11.2. The second-order valence-electron chi connectivity index (χ2n) is 24.5. The van der Waals surface area contributed by atoms with Gasteiger partial charge in [0.05, 0.1) is 0 Å². The van der Waals surface area contributed by atoms with E-state index in [1.165, 1.54) is 132 Å². The fourth-order valence-corrected chi connectivity index (χ4v) is 11.2. The van der Waals surface area contributed by atoms with E-state index in [1.54, 1.807) is 0 Å². The summed E-state index contributed by atoms with van der Waals surface area (Å²) >= 11 is 0. The maximum absolute atomic E-state index is 2.52. The van der Waals surface area contributed by atoms with Crippen LogP contribution in [0.1, 0.15) is 154 Å². The van der Waals surface area contributed by atoms with Crippen LogP contribution in [0, 0.1) is 0 Å². The lowest BCUT2D eigenvalue weighted by Gasteiger charge is -2.26. The SMILES string of the molecule is CC(C)c1ccc(-c2c3cc(C(C)C)ccc3c(-c3ccc(-c4ccc(C(C)(C)C)cc4)cc3)c3c(-c4ccc(C(C)C)cc4)c4cc(C(C)C)ccc4c(-c4ccc(-c5ccc(C(C)(C)C)cc5)cc4)c23)cc1. The second-order valence-corrected chi connectivity index (χ2v) is 24.5. The largest absolute Gasteiger partial charge is 0.0587 e. The van der Waals surface area contributed by atoms with E-state index in [4.69, 9.17) is 0 Å². The van der Waals surface area contributed by atoms with Gasteiger partial charge in [-0.25, -0.2) is 0 Å². The van der Waals surface area contributed by atoms with Crippen molar-refractivity contribution in [3.63, 3.8) is 0 Å². The lowest BCUT2D eigenvalue weighted by molar-refractivity contribution is 0.590. The summed E-state index contributed by atoms with van der Waals surface area (Å²) in [6.45, 7) is 32.2. The molecule has 0 heteroatoms. The summed E-state index contributed by atoms with van der Waals surface area (Å²) in [5, 5.41) is 7.70. The van der Waals surface area contributed by atoms with Crippen molar-refractivity contribution in [3.8, 4) is 66.8 Å². The highest BCUT2D eigenvalue weighted by Crippen LogP contribution is 2.55. The summed E-state index contributed by atoms with van der Waals surface area (Å²) < 4.78 is 0. The Morgan fingerprint density at radius 2 is 0.446 bits per heavy atom. The molecule has 0 saturated heterocycles. The van der Waals surface area contributed by atoms with Crippen LogP contribution in [-0.2, 0) is 10.8 Å². The van der Waals surface area contributed by atoms with Crippen LogP contribution in [0.25, 0.3) is 99.1 Å². The first-order chi connectivity index (χ1) is 35.3. The Balaban J connectivity index is 1.39. The van der Waals surface area contributed by atoms with Crippen molar-refractivity contribution in [2.24, 2.45) is 0 Å². The molecule has 0 aliphatic rings. The van der Waals surface area contributed by atoms with Crippen molar-refractivity contribution >= 4 is 32.3 Å². The van der Waals surface area contributed by atoms with Gasteiger partial charge in [0.25, 0.3) is 0 Å². The summed E-state index contributed by atoms with van der Waals surface area (Å²) in [4.78, 5) is 0. The summed E-state index contributed by atoms with van der Waals surface area (Å²) in [6.07, 6.45) is 0. The molecule has 0 nitrogen and oxygen atoms in total. The van der Waals surface area contributed by atoms with E-state index in [0.29, 0.717) is 23.7 Å². The van der Waals surface area contributed by atoms with E-state index < -0.39 is 0 Å². The lowest BCUT2D eigenvalue weighted by atomic mass is 9.76. The molecule has 0 heterocycles. The number of benzene rings is 10. The molecule has 0 bridgehead atoms. The first kappa shape index (κ1) is 50.5. The summed E-state index contributed by atoms with van der Waals surface area (Å²) in [5.74, 6) is 1.55. The van der Waals surface area contributed by atoms with Gasteiger partial charge in [0, 0.05) is 0 Å². The van der Waals surface area contributed by atoms with Crippen LogP contribution in [0.5, 0.6) is 0 Å². The number of hydrogen-bond donors (Lipinski definition) is 0. The minimum Gasteiger partial charge on any atom is -0.0587 e. The van der Waals surface area contributed by atoms with Crippen LogP contribution in [0.2, 0.25) is 0 Å². The highest BCUT2D eigenvalue weighted by atomic mass is 14.3. The maximum Gasteiger partial charge on any atom is -0.000139 e. The van der Waals surface area contributed by atoms with Gasteiger partial charge in [0.15, 0.2) is 0 Å². The van der Waals surface area contributed by atoms with Gasteiger partial charge in [-0.2, -0.15) is 0 Å². The molecule has 0 N–H and O–H groups in total. The molecule has 0 aliphatic carbocycles. The molecule has 0 amide bonds. The van der Waals surface area contributed by atoms with Gasteiger partial charge < -0.3 is 0 Å². The van der Waals surface area contributed by atoms with Gasteiger partial charge in [-0.05, 0) is 167 Å². The molecule has 0 aromatic heterocycles. The Labute approximate surface area is 443 Å². The molecule has 0 saturated carbocycles. The van der Waals surface area contributed by atoms with Crippen molar-refractivity contribution in [3.05, 3.63) is 215 Å². The van der Waals surface area contributed by atoms with E-state index in [0.717, 1.165) is 0 Å². The van der Waals surface area contributed by atoms with Crippen LogP contribution < -0.4 is 0 Å². The number of fused-ring (bicyclic) bond motifs is 3. The predicted molar refractivity (Wildman–Crippen MR) is 325 cm³/mol. The van der Waals surface area contributed by atoms with Crippen LogP contribution in [0.3, 0.4) is 0 Å². The van der Waals surface area contributed by atoms with Gasteiger partial charge in [0.2, 0.25) is 0 Å². The molecule has 0 spiro atoms. The predicted octanol–water partition coefficient (Wildman–Crippen LogP) is 22.2. The highest BCUT2D eigenvalue weighted by Gasteiger charge is 2.28. The molecule has 0 unspecified atom stereocenters. The minimum atomic E-state index is 0.0920. The Morgan fingerprint density at radius 3 is 0.703 bits per heavy atom. The molecule has 0 aliphatic heterocycles. The van der Waals surface area contributed by atoms with E-state index in [1.807, 2.05) is 0 Å². The van der Waals surface area contributed by atoms with Crippen molar-refractivity contribution in [2.45, 2.75) is 131 Å². The molecule has 0 atom stereocenters. The Kier molecular flexibility index (Phi) is 13.4. The molecular formula is C74H76. The van der Waals surface area contributed by atoms with Crippen molar-refractivity contribution in [2.75, 3.05) is 0 Å². The van der Waals surface area contributed by atoms with Crippen molar-refractivity contribution in [1.82, 2.24) is 0 Å². The first-order valence-electron chi connectivity index (χ1n) is 27.4. The second kappa shape index (κ2) is 19.7. The zero-order chi connectivity index (χ0) is 52.4. The monoisotopic (exact) mass is 965 g/mol. The molecule has 372 valence electrons. The highest BCUT2D eigenvalue weighted by molar-refractivity contribution is 6.34. The number of hydrogen-bond acceptors (Lipinski definition) is 0. The number of rotatable bonds is 10. The fraction of sp³-hybridized carbons (Fsp3) is 0.270. The lowest BCUT2D eigenvalue weighted by Crippen LogP contribution is -2.10. The van der Waals surface area contributed by atoms with Gasteiger partial charge in [-0.15, -0.1) is 0 Å². The Hall–Kier alpha value is -7.02. The molecular weight excluding hydrogens is 889 g/mol. The Morgan fingerprint density at radius 1 is 0.230 bits per heavy atom.